The van der Waals surface area contributed by atoms with Gasteiger partial charge in [0.25, 0.3) is 10.0 Å². The predicted molar refractivity (Wildman–Crippen MR) is 143 cm³/mol. The lowest BCUT2D eigenvalue weighted by Gasteiger charge is -2.14. The molecule has 2 N–H and O–H groups in total. The highest BCUT2D eigenvalue weighted by molar-refractivity contribution is 8.00. The average molecular weight is 550 g/mol. The quantitative estimate of drug-likeness (QED) is 0.280. The molecule has 194 valence electrons. The summed E-state index contributed by atoms with van der Waals surface area (Å²) in [5, 5.41) is 15.8. The summed E-state index contributed by atoms with van der Waals surface area (Å²) >= 11 is 1.16. The number of aromatic nitrogens is 2. The van der Waals surface area contributed by atoms with Crippen molar-refractivity contribution in [1.82, 2.24) is 10.1 Å². The van der Waals surface area contributed by atoms with Crippen LogP contribution in [-0.4, -0.2) is 36.8 Å². The van der Waals surface area contributed by atoms with Gasteiger partial charge in [0.05, 0.1) is 28.5 Å². The summed E-state index contributed by atoms with van der Waals surface area (Å²) in [4.78, 5) is 17.5. The number of methoxy groups -OCH3 is 1. The van der Waals surface area contributed by atoms with Crippen LogP contribution in [0.1, 0.15) is 18.2 Å². The van der Waals surface area contributed by atoms with Crippen molar-refractivity contribution in [3.8, 4) is 23.1 Å². The number of benzene rings is 2. The van der Waals surface area contributed by atoms with E-state index >= 15 is 0 Å². The number of sulfonamides is 1. The highest BCUT2D eigenvalue weighted by atomic mass is 32.2. The summed E-state index contributed by atoms with van der Waals surface area (Å²) in [6.07, 6.45) is 0. The van der Waals surface area contributed by atoms with E-state index in [1.165, 1.54) is 30.3 Å². The van der Waals surface area contributed by atoms with Gasteiger partial charge in [-0.1, -0.05) is 16.9 Å². The molecule has 0 bridgehead atoms. The number of thioether (sulfide) groups is 1. The zero-order valence-electron chi connectivity index (χ0n) is 20.6. The summed E-state index contributed by atoms with van der Waals surface area (Å²) in [6.45, 7) is 3.35. The number of aryl methyl sites for hydroxylation is 1. The van der Waals surface area contributed by atoms with Gasteiger partial charge in [0.1, 0.15) is 22.6 Å². The van der Waals surface area contributed by atoms with Crippen LogP contribution in [0.15, 0.2) is 81.2 Å². The van der Waals surface area contributed by atoms with Crippen LogP contribution in [0.2, 0.25) is 0 Å². The number of rotatable bonds is 9. The van der Waals surface area contributed by atoms with E-state index in [1.807, 2.05) is 24.3 Å². The maximum atomic E-state index is 12.9. The minimum Gasteiger partial charge on any atom is -0.497 e. The Bertz CT molecular complexity index is 1590. The van der Waals surface area contributed by atoms with E-state index in [1.54, 1.807) is 33.1 Å². The van der Waals surface area contributed by atoms with Gasteiger partial charge in [-0.05, 0) is 74.5 Å². The molecule has 2 aromatic carbocycles. The Kier molecular flexibility index (Phi) is 7.99. The van der Waals surface area contributed by atoms with Crippen molar-refractivity contribution in [2.24, 2.45) is 0 Å². The summed E-state index contributed by atoms with van der Waals surface area (Å²) in [5.41, 5.74) is 2.28. The van der Waals surface area contributed by atoms with Crippen LogP contribution in [0, 0.1) is 18.3 Å². The van der Waals surface area contributed by atoms with Crippen LogP contribution in [0.3, 0.4) is 0 Å². The molecule has 0 aliphatic rings. The Balaban J connectivity index is 1.43. The number of nitriles is 1. The molecule has 1 unspecified atom stereocenters. The summed E-state index contributed by atoms with van der Waals surface area (Å²) in [6, 6.07) is 20.1. The van der Waals surface area contributed by atoms with Crippen molar-refractivity contribution < 1.29 is 22.5 Å². The van der Waals surface area contributed by atoms with E-state index in [-0.39, 0.29) is 16.6 Å². The van der Waals surface area contributed by atoms with Gasteiger partial charge in [0.15, 0.2) is 5.82 Å². The number of nitrogens with one attached hydrogen (secondary N) is 2. The monoisotopic (exact) mass is 549 g/mol. The molecule has 4 aromatic rings. The second-order valence-corrected chi connectivity index (χ2v) is 11.1. The van der Waals surface area contributed by atoms with Gasteiger partial charge < -0.3 is 14.6 Å². The topological polar surface area (TPSA) is 147 Å². The van der Waals surface area contributed by atoms with Crippen molar-refractivity contribution in [2.75, 3.05) is 17.1 Å². The van der Waals surface area contributed by atoms with Gasteiger partial charge in [-0.2, -0.15) is 5.26 Å². The van der Waals surface area contributed by atoms with Crippen molar-refractivity contribution in [1.29, 1.82) is 5.26 Å². The summed E-state index contributed by atoms with van der Waals surface area (Å²) < 4.78 is 37.5. The fourth-order valence-corrected chi connectivity index (χ4v) is 5.21. The second-order valence-electron chi connectivity index (χ2n) is 8.09. The van der Waals surface area contributed by atoms with Crippen LogP contribution in [0.5, 0.6) is 5.75 Å². The van der Waals surface area contributed by atoms with Gasteiger partial charge in [-0.25, -0.2) is 13.4 Å². The maximum absolute atomic E-state index is 12.9. The number of amides is 1. The van der Waals surface area contributed by atoms with Gasteiger partial charge in [0.2, 0.25) is 5.91 Å². The molecule has 0 saturated carbocycles. The van der Waals surface area contributed by atoms with Crippen molar-refractivity contribution >= 4 is 39.2 Å². The Labute approximate surface area is 224 Å². The Morgan fingerprint density at radius 2 is 1.82 bits per heavy atom. The first kappa shape index (κ1) is 26.7. The molecular formula is C26H23N5O5S2. The van der Waals surface area contributed by atoms with E-state index in [0.717, 1.165) is 17.3 Å². The number of hydrogen-bond donors (Lipinski definition) is 2. The summed E-state index contributed by atoms with van der Waals surface area (Å²) in [7, 11) is -2.29. The molecule has 0 saturated heterocycles. The van der Waals surface area contributed by atoms with Crippen LogP contribution in [0.25, 0.3) is 11.3 Å². The molecule has 4 rings (SSSR count). The lowest BCUT2D eigenvalue weighted by atomic mass is 10.1. The summed E-state index contributed by atoms with van der Waals surface area (Å²) in [5.74, 6) is 0.931. The van der Waals surface area contributed by atoms with Gasteiger partial charge >= 0.3 is 0 Å². The Morgan fingerprint density at radius 3 is 2.42 bits per heavy atom. The van der Waals surface area contributed by atoms with Crippen molar-refractivity contribution in [3.63, 3.8) is 0 Å². The molecule has 2 heterocycles. The molecule has 10 nitrogen and oxygen atoms in total. The second kappa shape index (κ2) is 11.4. The fraction of sp³-hybridized carbons (Fsp3) is 0.154. The molecule has 0 spiro atoms. The van der Waals surface area contributed by atoms with E-state index < -0.39 is 15.3 Å². The van der Waals surface area contributed by atoms with Crippen molar-refractivity contribution in [2.45, 2.75) is 29.0 Å². The standard InChI is InChI=1S/C26H23N5O5S2/c1-16-14-24(30-36-16)31-38(33,34)22-11-7-20(8-12-22)28-25(32)17(2)37-26-19(15-27)6-13-23(29-26)18-4-9-21(35-3)10-5-18/h4-14,17H,1-3H3,(H,28,32)(H,30,31). The van der Waals surface area contributed by atoms with Crippen LogP contribution in [-0.2, 0) is 14.8 Å². The van der Waals surface area contributed by atoms with Crippen molar-refractivity contribution in [3.05, 3.63) is 78.1 Å². The van der Waals surface area contributed by atoms with E-state index in [2.05, 4.69) is 26.2 Å². The molecule has 1 atom stereocenters. The number of anilines is 2. The first-order chi connectivity index (χ1) is 18.2. The molecule has 0 aliphatic heterocycles. The minimum atomic E-state index is -3.88. The predicted octanol–water partition coefficient (Wildman–Crippen LogP) is 4.85. The van der Waals surface area contributed by atoms with Gasteiger partial charge in [-0.15, -0.1) is 0 Å². The first-order valence-electron chi connectivity index (χ1n) is 11.3. The number of ether oxygens (including phenoxy) is 1. The molecule has 0 fully saturated rings. The van der Waals surface area contributed by atoms with Crippen LogP contribution in [0.4, 0.5) is 11.5 Å². The zero-order chi connectivity index (χ0) is 27.3. The SMILES string of the molecule is COc1ccc(-c2ccc(C#N)c(SC(C)C(=O)Nc3ccc(S(=O)(=O)Nc4cc(C)on4)cc3)n2)cc1. The van der Waals surface area contributed by atoms with E-state index in [0.29, 0.717) is 33.5 Å². The smallest absolute Gasteiger partial charge is 0.263 e. The first-order valence-corrected chi connectivity index (χ1v) is 13.6. The third-order valence-electron chi connectivity index (χ3n) is 5.32. The number of carbonyl (C=O) groups is 1. The van der Waals surface area contributed by atoms with Gasteiger partial charge in [-0.3, -0.25) is 9.52 Å². The van der Waals surface area contributed by atoms with E-state index in [4.69, 9.17) is 9.26 Å². The number of nitrogens with zero attached hydrogens (tertiary/aromatic N) is 3. The highest BCUT2D eigenvalue weighted by Gasteiger charge is 2.20. The minimum absolute atomic E-state index is 0.00298. The number of hydrogen-bond acceptors (Lipinski definition) is 9. The number of carbonyl (C=O) groups excluding carboxylic acids is 1. The Hall–Kier alpha value is -4.34. The van der Waals surface area contributed by atoms with Crippen LogP contribution >= 0.6 is 11.8 Å². The lowest BCUT2D eigenvalue weighted by Crippen LogP contribution is -2.22. The zero-order valence-corrected chi connectivity index (χ0v) is 22.3. The third kappa shape index (κ3) is 6.31. The normalized spacial score (nSPS) is 11.8. The Morgan fingerprint density at radius 1 is 1.11 bits per heavy atom. The lowest BCUT2D eigenvalue weighted by molar-refractivity contribution is -0.115. The molecule has 1 amide bonds. The van der Waals surface area contributed by atoms with Gasteiger partial charge in [0, 0.05) is 17.3 Å². The average Bonchev–Trinajstić information content (AvgIpc) is 3.32. The molecule has 12 heteroatoms. The van der Waals surface area contributed by atoms with Crippen LogP contribution < -0.4 is 14.8 Å². The molecule has 38 heavy (non-hydrogen) atoms. The molecule has 0 aliphatic carbocycles. The largest absolute Gasteiger partial charge is 0.497 e. The fourth-order valence-electron chi connectivity index (χ4n) is 3.33. The molecule has 2 aromatic heterocycles. The van der Waals surface area contributed by atoms with E-state index in [9.17, 15) is 18.5 Å². The maximum Gasteiger partial charge on any atom is 0.263 e. The molecular weight excluding hydrogens is 526 g/mol. The highest BCUT2D eigenvalue weighted by Crippen LogP contribution is 2.29. The third-order valence-corrected chi connectivity index (χ3v) is 7.80. The number of pyridine rings is 1. The molecule has 0 radical (unpaired) electrons.